The Morgan fingerprint density at radius 1 is 1.50 bits per heavy atom. The van der Waals surface area contributed by atoms with Crippen LogP contribution in [0.2, 0.25) is 0 Å². The van der Waals surface area contributed by atoms with Crippen molar-refractivity contribution in [3.63, 3.8) is 0 Å². The molecule has 0 heterocycles. The van der Waals surface area contributed by atoms with Gasteiger partial charge in [0.1, 0.15) is 5.78 Å². The fourth-order valence-electron chi connectivity index (χ4n) is 1.89. The van der Waals surface area contributed by atoms with Crippen molar-refractivity contribution in [1.29, 1.82) is 0 Å². The quantitative estimate of drug-likeness (QED) is 0.695. The highest BCUT2D eigenvalue weighted by Gasteiger charge is 2.63. The summed E-state index contributed by atoms with van der Waals surface area (Å²) in [5, 5.41) is 8.85. The van der Waals surface area contributed by atoms with E-state index >= 15 is 0 Å². The van der Waals surface area contributed by atoms with Gasteiger partial charge in [-0.15, -0.1) is 0 Å². The minimum absolute atomic E-state index is 0.0486. The van der Waals surface area contributed by atoms with Gasteiger partial charge in [0.25, 0.3) is 0 Å². The largest absolute Gasteiger partial charge is 0.481 e. The molecule has 3 heteroatoms. The molecule has 1 fully saturated rings. The molecule has 0 radical (unpaired) electrons. The third kappa shape index (κ3) is 1.13. The average molecular weight is 170 g/mol. The van der Waals surface area contributed by atoms with Crippen molar-refractivity contribution in [3.05, 3.63) is 0 Å². The number of hydrogen-bond donors (Lipinski definition) is 1. The summed E-state index contributed by atoms with van der Waals surface area (Å²) in [7, 11) is 0. The van der Waals surface area contributed by atoms with Crippen LogP contribution in [-0.4, -0.2) is 16.9 Å². The van der Waals surface area contributed by atoms with Crippen LogP contribution in [0.25, 0.3) is 0 Å². The Bertz CT molecular complexity index is 234. The van der Waals surface area contributed by atoms with Crippen molar-refractivity contribution in [2.75, 3.05) is 0 Å². The Morgan fingerprint density at radius 3 is 2.25 bits per heavy atom. The van der Waals surface area contributed by atoms with Crippen LogP contribution in [0.1, 0.15) is 27.2 Å². The first-order valence-corrected chi connectivity index (χ1v) is 4.13. The molecule has 0 aromatic carbocycles. The predicted molar refractivity (Wildman–Crippen MR) is 43.7 cm³/mol. The van der Waals surface area contributed by atoms with Crippen molar-refractivity contribution in [3.8, 4) is 0 Å². The van der Waals surface area contributed by atoms with E-state index in [0.717, 1.165) is 0 Å². The smallest absolute Gasteiger partial charge is 0.309 e. The summed E-state index contributed by atoms with van der Waals surface area (Å²) in [6.07, 6.45) is 0.407. The van der Waals surface area contributed by atoms with E-state index in [2.05, 4.69) is 0 Å². The molecule has 1 N–H and O–H groups in total. The SMILES string of the molecule is CC(=O)CC1C(C)C1(C)C(=O)O. The molecular weight excluding hydrogens is 156 g/mol. The normalized spacial score (nSPS) is 39.2. The molecule has 1 aliphatic rings. The molecule has 0 bridgehead atoms. The molecule has 0 aromatic heterocycles. The van der Waals surface area contributed by atoms with E-state index in [-0.39, 0.29) is 17.6 Å². The molecule has 1 saturated carbocycles. The van der Waals surface area contributed by atoms with Gasteiger partial charge in [0.15, 0.2) is 0 Å². The van der Waals surface area contributed by atoms with Crippen LogP contribution in [0.5, 0.6) is 0 Å². The Balaban J connectivity index is 2.63. The molecule has 0 spiro atoms. The summed E-state index contributed by atoms with van der Waals surface area (Å²) in [6.45, 7) is 5.11. The zero-order valence-electron chi connectivity index (χ0n) is 7.63. The fourth-order valence-corrected chi connectivity index (χ4v) is 1.89. The Kier molecular flexibility index (Phi) is 1.98. The summed E-state index contributed by atoms with van der Waals surface area (Å²) in [6, 6.07) is 0. The first-order chi connectivity index (χ1) is 5.40. The lowest BCUT2D eigenvalue weighted by Gasteiger charge is -2.02. The zero-order valence-corrected chi connectivity index (χ0v) is 7.63. The third-order valence-electron chi connectivity index (χ3n) is 3.18. The van der Waals surface area contributed by atoms with Gasteiger partial charge in [-0.3, -0.25) is 4.79 Å². The number of carbonyl (C=O) groups is 2. The molecule has 68 valence electrons. The van der Waals surface area contributed by atoms with Crippen molar-refractivity contribution in [1.82, 2.24) is 0 Å². The van der Waals surface area contributed by atoms with E-state index in [1.807, 2.05) is 6.92 Å². The minimum Gasteiger partial charge on any atom is -0.481 e. The maximum atomic E-state index is 10.8. The van der Waals surface area contributed by atoms with Gasteiger partial charge in [-0.2, -0.15) is 0 Å². The lowest BCUT2D eigenvalue weighted by molar-refractivity contribution is -0.143. The molecule has 3 nitrogen and oxygen atoms in total. The van der Waals surface area contributed by atoms with E-state index in [1.165, 1.54) is 6.92 Å². The molecule has 3 atom stereocenters. The Labute approximate surface area is 71.8 Å². The molecular formula is C9H14O3. The predicted octanol–water partition coefficient (Wildman–Crippen LogP) is 1.32. The molecule has 1 rings (SSSR count). The first kappa shape index (κ1) is 9.23. The summed E-state index contributed by atoms with van der Waals surface area (Å²) < 4.78 is 0. The van der Waals surface area contributed by atoms with Gasteiger partial charge in [-0.25, -0.2) is 0 Å². The maximum Gasteiger partial charge on any atom is 0.309 e. The summed E-state index contributed by atoms with van der Waals surface area (Å²) in [5.74, 6) is -0.510. The Morgan fingerprint density at radius 2 is 2.00 bits per heavy atom. The standard InChI is InChI=1S/C9H14O3/c1-5(10)4-7-6(2)9(7,3)8(11)12/h6-7H,4H2,1-3H3,(H,11,12). The van der Waals surface area contributed by atoms with Crippen LogP contribution in [0.3, 0.4) is 0 Å². The number of ketones is 1. The second kappa shape index (κ2) is 2.57. The number of carbonyl (C=O) groups excluding carboxylic acids is 1. The topological polar surface area (TPSA) is 54.4 Å². The van der Waals surface area contributed by atoms with E-state index in [0.29, 0.717) is 6.42 Å². The maximum absolute atomic E-state index is 10.8. The number of carboxylic acids is 1. The van der Waals surface area contributed by atoms with Crippen LogP contribution < -0.4 is 0 Å². The molecule has 3 unspecified atom stereocenters. The van der Waals surface area contributed by atoms with Gasteiger partial charge in [0.05, 0.1) is 5.41 Å². The van der Waals surface area contributed by atoms with Crippen molar-refractivity contribution in [2.24, 2.45) is 17.3 Å². The van der Waals surface area contributed by atoms with Crippen molar-refractivity contribution in [2.45, 2.75) is 27.2 Å². The highest BCUT2D eigenvalue weighted by molar-refractivity contribution is 5.82. The number of Topliss-reactive ketones (excluding diaryl/α,β-unsaturated/α-hetero) is 1. The van der Waals surface area contributed by atoms with Crippen LogP contribution in [-0.2, 0) is 9.59 Å². The molecule has 1 aliphatic carbocycles. The molecule has 0 aliphatic heterocycles. The van der Waals surface area contributed by atoms with E-state index in [9.17, 15) is 9.59 Å². The van der Waals surface area contributed by atoms with Crippen LogP contribution >= 0.6 is 0 Å². The summed E-state index contributed by atoms with van der Waals surface area (Å²) >= 11 is 0. The number of rotatable bonds is 3. The fraction of sp³-hybridized carbons (Fsp3) is 0.778. The average Bonchev–Trinajstić information content (AvgIpc) is 2.41. The molecule has 0 amide bonds. The van der Waals surface area contributed by atoms with E-state index in [1.54, 1.807) is 6.92 Å². The number of hydrogen-bond acceptors (Lipinski definition) is 2. The van der Waals surface area contributed by atoms with Gasteiger partial charge in [-0.05, 0) is 25.7 Å². The number of carboxylic acid groups (broad SMARTS) is 1. The van der Waals surface area contributed by atoms with E-state index in [4.69, 9.17) is 5.11 Å². The molecule has 0 saturated heterocycles. The van der Waals surface area contributed by atoms with Crippen LogP contribution in [0.15, 0.2) is 0 Å². The lowest BCUT2D eigenvalue weighted by atomic mass is 10.0. The van der Waals surface area contributed by atoms with Gasteiger partial charge in [0.2, 0.25) is 0 Å². The number of aliphatic carboxylic acids is 1. The Hall–Kier alpha value is -0.860. The lowest BCUT2D eigenvalue weighted by Crippen LogP contribution is -2.15. The van der Waals surface area contributed by atoms with Crippen molar-refractivity contribution >= 4 is 11.8 Å². The van der Waals surface area contributed by atoms with Gasteiger partial charge < -0.3 is 9.90 Å². The monoisotopic (exact) mass is 170 g/mol. The second-order valence-corrected chi connectivity index (χ2v) is 3.89. The van der Waals surface area contributed by atoms with Crippen LogP contribution in [0.4, 0.5) is 0 Å². The van der Waals surface area contributed by atoms with Gasteiger partial charge in [-0.1, -0.05) is 6.92 Å². The summed E-state index contributed by atoms with van der Waals surface area (Å²) in [4.78, 5) is 21.5. The van der Waals surface area contributed by atoms with Crippen LogP contribution in [0, 0.1) is 17.3 Å². The molecule has 12 heavy (non-hydrogen) atoms. The van der Waals surface area contributed by atoms with Gasteiger partial charge in [0, 0.05) is 6.42 Å². The highest BCUT2D eigenvalue weighted by atomic mass is 16.4. The van der Waals surface area contributed by atoms with Gasteiger partial charge >= 0.3 is 5.97 Å². The second-order valence-electron chi connectivity index (χ2n) is 3.89. The first-order valence-electron chi connectivity index (χ1n) is 4.13. The van der Waals surface area contributed by atoms with Crippen molar-refractivity contribution < 1.29 is 14.7 Å². The minimum atomic E-state index is -0.777. The van der Waals surface area contributed by atoms with E-state index < -0.39 is 11.4 Å². The summed E-state index contributed by atoms with van der Waals surface area (Å²) in [5.41, 5.74) is -0.647. The third-order valence-corrected chi connectivity index (χ3v) is 3.18. The highest BCUT2D eigenvalue weighted by Crippen LogP contribution is 2.60. The molecule has 0 aromatic rings. The zero-order chi connectivity index (χ0) is 9.52.